The Morgan fingerprint density at radius 1 is 1.21 bits per heavy atom. The number of aryl methyl sites for hydroxylation is 1. The van der Waals surface area contributed by atoms with Gasteiger partial charge < -0.3 is 10.5 Å². The highest BCUT2D eigenvalue weighted by molar-refractivity contribution is 7.92. The average molecular weight is 507 g/mol. The standard InChI is InChI=1S/C22H23ClF4N2O3S/c1-12-7-15(4-5-20(12)33(30,31)22(25,26)27)32-21-17-8-13(23)9-18(24)16(17)10-19(21)29-6-2-3-14(28)11-29/h4-5,7-9,14,19,21H,2-3,6,10-11,28H2,1H3/t14-,19-,21-/m1/s1. The van der Waals surface area contributed by atoms with Crippen molar-refractivity contribution in [3.05, 3.63) is 57.9 Å². The molecule has 1 heterocycles. The summed E-state index contributed by atoms with van der Waals surface area (Å²) in [6, 6.07) is 5.91. The molecule has 1 fully saturated rings. The van der Waals surface area contributed by atoms with E-state index in [1.165, 1.54) is 25.1 Å². The number of fused-ring (bicyclic) bond motifs is 1. The van der Waals surface area contributed by atoms with Crippen molar-refractivity contribution < 1.29 is 30.7 Å². The van der Waals surface area contributed by atoms with Gasteiger partial charge >= 0.3 is 5.51 Å². The van der Waals surface area contributed by atoms with Gasteiger partial charge in [0.25, 0.3) is 9.84 Å². The highest BCUT2D eigenvalue weighted by Gasteiger charge is 2.47. The maximum absolute atomic E-state index is 14.7. The third kappa shape index (κ3) is 4.58. The van der Waals surface area contributed by atoms with E-state index < -0.39 is 32.2 Å². The normalized spacial score (nSPS) is 24.0. The Labute approximate surface area is 194 Å². The molecule has 3 atom stereocenters. The topological polar surface area (TPSA) is 72.6 Å². The van der Waals surface area contributed by atoms with Gasteiger partial charge in [0.05, 0.1) is 10.9 Å². The summed E-state index contributed by atoms with van der Waals surface area (Å²) in [7, 11) is -5.49. The van der Waals surface area contributed by atoms with Gasteiger partial charge in [0, 0.05) is 23.2 Å². The second-order valence-corrected chi connectivity index (χ2v) is 10.9. The molecule has 2 N–H and O–H groups in total. The van der Waals surface area contributed by atoms with E-state index in [1.54, 1.807) is 6.07 Å². The van der Waals surface area contributed by atoms with Crippen LogP contribution in [0.25, 0.3) is 0 Å². The fourth-order valence-electron chi connectivity index (χ4n) is 4.69. The Morgan fingerprint density at radius 3 is 2.58 bits per heavy atom. The van der Waals surface area contributed by atoms with Crippen LogP contribution in [-0.2, 0) is 16.3 Å². The molecule has 33 heavy (non-hydrogen) atoms. The molecular weight excluding hydrogens is 484 g/mol. The number of ether oxygens (including phenoxy) is 1. The fraction of sp³-hybridized carbons (Fsp3) is 0.455. The van der Waals surface area contributed by atoms with Gasteiger partial charge in [-0.15, -0.1) is 0 Å². The molecule has 0 radical (unpaired) electrons. The van der Waals surface area contributed by atoms with Gasteiger partial charge in [0.2, 0.25) is 0 Å². The number of benzene rings is 2. The fourth-order valence-corrected chi connectivity index (χ4v) is 5.88. The molecule has 0 saturated carbocycles. The zero-order valence-corrected chi connectivity index (χ0v) is 19.3. The first-order valence-corrected chi connectivity index (χ1v) is 12.3. The molecule has 5 nitrogen and oxygen atoms in total. The average Bonchev–Trinajstić information content (AvgIpc) is 3.05. The maximum Gasteiger partial charge on any atom is 0.501 e. The smallest absolute Gasteiger partial charge is 0.484 e. The monoisotopic (exact) mass is 506 g/mol. The van der Waals surface area contributed by atoms with E-state index in [1.807, 2.05) is 0 Å². The zero-order chi connectivity index (χ0) is 24.1. The molecule has 1 saturated heterocycles. The van der Waals surface area contributed by atoms with Gasteiger partial charge in [0.1, 0.15) is 17.7 Å². The van der Waals surface area contributed by atoms with E-state index in [4.69, 9.17) is 22.1 Å². The maximum atomic E-state index is 14.7. The van der Waals surface area contributed by atoms with E-state index in [-0.39, 0.29) is 28.4 Å². The Bertz CT molecular complexity index is 1170. The molecule has 2 aromatic rings. The Balaban J connectivity index is 1.69. The van der Waals surface area contributed by atoms with Crippen molar-refractivity contribution in [3.63, 3.8) is 0 Å². The minimum Gasteiger partial charge on any atom is -0.484 e. The first-order chi connectivity index (χ1) is 15.4. The molecule has 180 valence electrons. The van der Waals surface area contributed by atoms with Gasteiger partial charge in [-0.2, -0.15) is 13.2 Å². The second kappa shape index (κ2) is 8.72. The van der Waals surface area contributed by atoms with E-state index in [0.29, 0.717) is 24.1 Å². The SMILES string of the molecule is Cc1cc(O[C@@H]2c3cc(Cl)cc(F)c3C[C@H]2N2CCC[C@@H](N)C2)ccc1S(=O)(=O)C(F)(F)F. The molecule has 1 aliphatic carbocycles. The summed E-state index contributed by atoms with van der Waals surface area (Å²) in [5.41, 5.74) is 1.67. The molecule has 0 spiro atoms. The summed E-state index contributed by atoms with van der Waals surface area (Å²) in [4.78, 5) is 1.31. The number of sulfone groups is 1. The highest BCUT2D eigenvalue weighted by Crippen LogP contribution is 2.42. The third-order valence-corrected chi connectivity index (χ3v) is 8.09. The van der Waals surface area contributed by atoms with Crippen molar-refractivity contribution in [1.82, 2.24) is 4.90 Å². The summed E-state index contributed by atoms with van der Waals surface area (Å²) in [5, 5.41) is 0.207. The number of alkyl halides is 3. The van der Waals surface area contributed by atoms with Crippen molar-refractivity contribution in [3.8, 4) is 5.75 Å². The molecule has 1 aliphatic heterocycles. The lowest BCUT2D eigenvalue weighted by Gasteiger charge is -2.38. The molecule has 2 aliphatic rings. The van der Waals surface area contributed by atoms with Crippen LogP contribution in [0.2, 0.25) is 5.02 Å². The largest absolute Gasteiger partial charge is 0.501 e. The number of rotatable bonds is 4. The number of hydrogen-bond donors (Lipinski definition) is 1. The Hall–Kier alpha value is -1.88. The zero-order valence-electron chi connectivity index (χ0n) is 17.7. The van der Waals surface area contributed by atoms with Crippen molar-refractivity contribution >= 4 is 21.4 Å². The summed E-state index contributed by atoms with van der Waals surface area (Å²) < 4.78 is 83.4. The highest BCUT2D eigenvalue weighted by atomic mass is 35.5. The van der Waals surface area contributed by atoms with Crippen LogP contribution >= 0.6 is 11.6 Å². The quantitative estimate of drug-likeness (QED) is 0.616. The minimum absolute atomic E-state index is 0.0225. The van der Waals surface area contributed by atoms with Crippen LogP contribution in [0.5, 0.6) is 5.75 Å². The van der Waals surface area contributed by atoms with Crippen LogP contribution in [-0.4, -0.2) is 44.0 Å². The lowest BCUT2D eigenvalue weighted by molar-refractivity contribution is -0.0436. The van der Waals surface area contributed by atoms with Crippen molar-refractivity contribution in [2.45, 2.75) is 54.8 Å². The van der Waals surface area contributed by atoms with E-state index in [2.05, 4.69) is 4.90 Å². The molecule has 0 unspecified atom stereocenters. The molecular formula is C22H23ClF4N2O3S. The molecule has 4 rings (SSSR count). The molecule has 11 heteroatoms. The predicted molar refractivity (Wildman–Crippen MR) is 115 cm³/mol. The number of hydrogen-bond acceptors (Lipinski definition) is 5. The predicted octanol–water partition coefficient (Wildman–Crippen LogP) is 4.55. The number of likely N-dealkylation sites (tertiary alicyclic amines) is 1. The van der Waals surface area contributed by atoms with Crippen molar-refractivity contribution in [2.24, 2.45) is 5.73 Å². The lowest BCUT2D eigenvalue weighted by Crippen LogP contribution is -2.49. The number of nitrogens with two attached hydrogens (primary N) is 1. The Kier molecular flexibility index (Phi) is 6.41. The van der Waals surface area contributed by atoms with Gasteiger partial charge in [-0.1, -0.05) is 11.6 Å². The van der Waals surface area contributed by atoms with Gasteiger partial charge in [-0.25, -0.2) is 12.8 Å². The molecule has 0 aromatic heterocycles. The van der Waals surface area contributed by atoms with Crippen molar-refractivity contribution in [1.29, 1.82) is 0 Å². The van der Waals surface area contributed by atoms with Crippen LogP contribution in [0, 0.1) is 12.7 Å². The molecule has 2 aromatic carbocycles. The lowest BCUT2D eigenvalue weighted by atomic mass is 10.0. The number of halogens is 5. The van der Waals surface area contributed by atoms with Gasteiger partial charge in [-0.3, -0.25) is 4.90 Å². The minimum atomic E-state index is -5.49. The van der Waals surface area contributed by atoms with Crippen LogP contribution in [0.4, 0.5) is 17.6 Å². The second-order valence-electron chi connectivity index (χ2n) is 8.54. The third-order valence-electron chi connectivity index (χ3n) is 6.23. The molecule has 0 amide bonds. The first-order valence-electron chi connectivity index (χ1n) is 10.4. The number of nitrogens with zero attached hydrogens (tertiary/aromatic N) is 1. The van der Waals surface area contributed by atoms with Gasteiger partial charge in [-0.05, 0) is 74.2 Å². The molecule has 0 bridgehead atoms. The first kappa shape index (κ1) is 24.3. The Morgan fingerprint density at radius 2 is 1.94 bits per heavy atom. The van der Waals surface area contributed by atoms with Crippen LogP contribution in [0.1, 0.15) is 35.6 Å². The van der Waals surface area contributed by atoms with Gasteiger partial charge in [0.15, 0.2) is 0 Å². The summed E-state index contributed by atoms with van der Waals surface area (Å²) in [6.45, 7) is 2.63. The van der Waals surface area contributed by atoms with Crippen molar-refractivity contribution in [2.75, 3.05) is 13.1 Å². The van der Waals surface area contributed by atoms with E-state index in [9.17, 15) is 26.0 Å². The summed E-state index contributed by atoms with van der Waals surface area (Å²) in [6.07, 6.45) is 1.49. The van der Waals surface area contributed by atoms with Crippen LogP contribution in [0.3, 0.4) is 0 Å². The summed E-state index contributed by atoms with van der Waals surface area (Å²) >= 11 is 6.09. The summed E-state index contributed by atoms with van der Waals surface area (Å²) in [5.74, 6) is -0.268. The number of piperidine rings is 1. The van der Waals surface area contributed by atoms with Crippen LogP contribution < -0.4 is 10.5 Å². The van der Waals surface area contributed by atoms with E-state index in [0.717, 1.165) is 25.5 Å². The van der Waals surface area contributed by atoms with Crippen LogP contribution in [0.15, 0.2) is 35.2 Å². The van der Waals surface area contributed by atoms with E-state index >= 15 is 0 Å².